The van der Waals surface area contributed by atoms with E-state index in [1.54, 1.807) is 0 Å². The molecule has 0 radical (unpaired) electrons. The first-order valence-corrected chi connectivity index (χ1v) is 22.7. The number of hydrogen-bond acceptors (Lipinski definition) is 2. The van der Waals surface area contributed by atoms with Crippen LogP contribution in [0.15, 0.2) is 249 Å². The predicted molar refractivity (Wildman–Crippen MR) is 276 cm³/mol. The van der Waals surface area contributed by atoms with E-state index in [9.17, 15) is 0 Å². The molecule has 1 nitrogen and oxygen atoms in total. The molecule has 0 aliphatic heterocycles. The Morgan fingerprint density at radius 2 is 0.750 bits per heavy atom. The summed E-state index contributed by atoms with van der Waals surface area (Å²) in [5.41, 5.74) is 15.4. The molecule has 0 saturated carbocycles. The summed E-state index contributed by atoms with van der Waals surface area (Å²) in [6.07, 6.45) is 0. The van der Waals surface area contributed by atoms with Crippen LogP contribution in [0.2, 0.25) is 0 Å². The van der Waals surface area contributed by atoms with E-state index in [4.69, 9.17) is 0 Å². The van der Waals surface area contributed by atoms with Crippen molar-refractivity contribution in [2.24, 2.45) is 0 Å². The van der Waals surface area contributed by atoms with E-state index < -0.39 is 0 Å². The van der Waals surface area contributed by atoms with E-state index in [1.165, 1.54) is 97.4 Å². The first-order chi connectivity index (χ1) is 31.7. The highest BCUT2D eigenvalue weighted by molar-refractivity contribution is 7.26. The lowest BCUT2D eigenvalue weighted by Gasteiger charge is -2.26. The van der Waals surface area contributed by atoms with Crippen LogP contribution in [-0.4, -0.2) is 0 Å². The minimum Gasteiger partial charge on any atom is -0.310 e. The van der Waals surface area contributed by atoms with Gasteiger partial charge in [-0.15, -0.1) is 11.3 Å². The minimum atomic E-state index is 1.10. The van der Waals surface area contributed by atoms with Gasteiger partial charge >= 0.3 is 0 Å². The van der Waals surface area contributed by atoms with Gasteiger partial charge in [-0.3, -0.25) is 0 Å². The molecule has 2 heteroatoms. The van der Waals surface area contributed by atoms with Crippen molar-refractivity contribution >= 4 is 70.1 Å². The lowest BCUT2D eigenvalue weighted by molar-refractivity contribution is 1.28. The van der Waals surface area contributed by atoms with Crippen molar-refractivity contribution < 1.29 is 0 Å². The summed E-state index contributed by atoms with van der Waals surface area (Å²) in [7, 11) is 0. The van der Waals surface area contributed by atoms with E-state index in [0.29, 0.717) is 0 Å². The average Bonchev–Trinajstić information content (AvgIpc) is 3.76. The van der Waals surface area contributed by atoms with Crippen molar-refractivity contribution in [3.05, 3.63) is 249 Å². The maximum Gasteiger partial charge on any atom is 0.0467 e. The second-order valence-electron chi connectivity index (χ2n) is 16.5. The Morgan fingerprint density at radius 1 is 0.250 bits per heavy atom. The molecule has 0 aliphatic rings. The highest BCUT2D eigenvalue weighted by atomic mass is 32.1. The zero-order valence-corrected chi connectivity index (χ0v) is 35.8. The van der Waals surface area contributed by atoms with Crippen LogP contribution in [0, 0.1) is 0 Å². The van der Waals surface area contributed by atoms with Crippen LogP contribution in [0.3, 0.4) is 0 Å². The van der Waals surface area contributed by atoms with E-state index in [-0.39, 0.29) is 0 Å². The third-order valence-corrected chi connectivity index (χ3v) is 13.9. The monoisotopic (exact) mass is 831 g/mol. The fourth-order valence-electron chi connectivity index (χ4n) is 9.41. The minimum absolute atomic E-state index is 1.10. The highest BCUT2D eigenvalue weighted by Crippen LogP contribution is 2.43. The van der Waals surface area contributed by atoms with Gasteiger partial charge in [0.15, 0.2) is 0 Å². The van der Waals surface area contributed by atoms with Crippen molar-refractivity contribution in [2.75, 3.05) is 4.90 Å². The predicted octanol–water partition coefficient (Wildman–Crippen LogP) is 18.2. The number of fused-ring (bicyclic) bond motifs is 5. The molecule has 0 aliphatic carbocycles. The van der Waals surface area contributed by atoms with Crippen molar-refractivity contribution in [1.29, 1.82) is 0 Å². The number of nitrogens with zero attached hydrogens (tertiary/aromatic N) is 1. The van der Waals surface area contributed by atoms with Gasteiger partial charge in [-0.05, 0) is 132 Å². The van der Waals surface area contributed by atoms with Gasteiger partial charge in [-0.25, -0.2) is 0 Å². The molecule has 0 spiro atoms. The average molecular weight is 832 g/mol. The Labute approximate surface area is 377 Å². The summed E-state index contributed by atoms with van der Waals surface area (Å²) in [5.74, 6) is 0. The van der Waals surface area contributed by atoms with Crippen molar-refractivity contribution in [2.45, 2.75) is 0 Å². The van der Waals surface area contributed by atoms with Crippen LogP contribution in [0.5, 0.6) is 0 Å². The maximum absolute atomic E-state index is 2.39. The number of rotatable bonds is 8. The second-order valence-corrected chi connectivity index (χ2v) is 17.6. The molecule has 1 aromatic heterocycles. The first kappa shape index (κ1) is 37.7. The SMILES string of the molecule is c1cc(-c2ccc(-c3ccc(N(c4ccc(-c5cccc6ccccc56)cc4)c4cccc(-c5cccc6c5sc5ccccc56)c4)cc3)cc2)cc(-c2ccc3ccccc3c2)c1. The van der Waals surface area contributed by atoms with Gasteiger partial charge in [-0.2, -0.15) is 0 Å². The molecule has 1 heterocycles. The molecule has 300 valence electrons. The highest BCUT2D eigenvalue weighted by Gasteiger charge is 2.17. The molecule has 11 aromatic carbocycles. The van der Waals surface area contributed by atoms with E-state index in [0.717, 1.165) is 17.1 Å². The van der Waals surface area contributed by atoms with Gasteiger partial charge in [0, 0.05) is 37.2 Å². The number of thiophene rings is 1. The fraction of sp³-hybridized carbons (Fsp3) is 0. The normalized spacial score (nSPS) is 11.4. The molecule has 0 saturated heterocycles. The van der Waals surface area contributed by atoms with Gasteiger partial charge in [0.2, 0.25) is 0 Å². The summed E-state index contributed by atoms with van der Waals surface area (Å²) in [6, 6.07) is 90.9. The third-order valence-electron chi connectivity index (χ3n) is 12.7. The zero-order valence-electron chi connectivity index (χ0n) is 35.0. The lowest BCUT2D eigenvalue weighted by atomic mass is 9.96. The second kappa shape index (κ2) is 16.0. The number of anilines is 3. The van der Waals surface area contributed by atoms with Crippen molar-refractivity contribution in [1.82, 2.24) is 0 Å². The topological polar surface area (TPSA) is 3.24 Å². The number of benzene rings is 11. The molecular formula is C62H41NS. The standard InChI is InChI=1S/C62H41NS/c1-2-13-48-40-51(30-29-42(48)11-1)50-16-7-15-49(39-50)45-27-25-43(26-28-45)44-31-35-53(36-32-44)63(54-37-33-47(34-38-54)57-21-9-14-46-12-3-4-19-56(46)57)55-18-8-17-52(41-55)58-22-10-23-60-59-20-5-6-24-61(59)64-62(58)60/h1-41H. The van der Waals surface area contributed by atoms with E-state index >= 15 is 0 Å². The summed E-state index contributed by atoms with van der Waals surface area (Å²) in [5, 5.41) is 7.65. The number of hydrogen-bond donors (Lipinski definition) is 0. The molecular weight excluding hydrogens is 791 g/mol. The van der Waals surface area contributed by atoms with Gasteiger partial charge < -0.3 is 4.90 Å². The largest absolute Gasteiger partial charge is 0.310 e. The summed E-state index contributed by atoms with van der Waals surface area (Å²) in [4.78, 5) is 2.39. The third kappa shape index (κ3) is 6.91. The molecule has 12 rings (SSSR count). The molecule has 64 heavy (non-hydrogen) atoms. The van der Waals surface area contributed by atoms with E-state index in [2.05, 4.69) is 254 Å². The zero-order chi connectivity index (χ0) is 42.4. The summed E-state index contributed by atoms with van der Waals surface area (Å²) < 4.78 is 2.63. The summed E-state index contributed by atoms with van der Waals surface area (Å²) >= 11 is 1.88. The Bertz CT molecular complexity index is 3650. The van der Waals surface area contributed by atoms with Gasteiger partial charge in [0.1, 0.15) is 0 Å². The van der Waals surface area contributed by atoms with Crippen LogP contribution in [-0.2, 0) is 0 Å². The van der Waals surface area contributed by atoms with Crippen molar-refractivity contribution in [3.8, 4) is 55.6 Å². The fourth-order valence-corrected chi connectivity index (χ4v) is 10.6. The summed E-state index contributed by atoms with van der Waals surface area (Å²) in [6.45, 7) is 0. The molecule has 0 amide bonds. The molecule has 0 N–H and O–H groups in total. The van der Waals surface area contributed by atoms with Gasteiger partial charge in [-0.1, -0.05) is 194 Å². The Morgan fingerprint density at radius 3 is 1.53 bits per heavy atom. The molecule has 0 bridgehead atoms. The maximum atomic E-state index is 2.39. The quantitative estimate of drug-likeness (QED) is 0.147. The molecule has 0 fully saturated rings. The van der Waals surface area contributed by atoms with Gasteiger partial charge in [0.25, 0.3) is 0 Å². The smallest absolute Gasteiger partial charge is 0.0467 e. The van der Waals surface area contributed by atoms with Crippen LogP contribution < -0.4 is 4.90 Å². The van der Waals surface area contributed by atoms with Crippen LogP contribution in [0.1, 0.15) is 0 Å². The van der Waals surface area contributed by atoms with Crippen LogP contribution >= 0.6 is 11.3 Å². The van der Waals surface area contributed by atoms with Gasteiger partial charge in [0.05, 0.1) is 0 Å². The molecule has 12 aromatic rings. The first-order valence-electron chi connectivity index (χ1n) is 21.9. The van der Waals surface area contributed by atoms with E-state index in [1.807, 2.05) is 11.3 Å². The van der Waals surface area contributed by atoms with Crippen LogP contribution in [0.25, 0.3) is 97.4 Å². The van der Waals surface area contributed by atoms with Crippen molar-refractivity contribution in [3.63, 3.8) is 0 Å². The molecule has 0 unspecified atom stereocenters. The van der Waals surface area contributed by atoms with Crippen LogP contribution in [0.4, 0.5) is 17.1 Å². The Kier molecular flexibility index (Phi) is 9.43. The lowest BCUT2D eigenvalue weighted by Crippen LogP contribution is -2.10. The Hall–Kier alpha value is -8.04. The Balaban J connectivity index is 0.890. The molecule has 0 atom stereocenters.